The highest BCUT2D eigenvalue weighted by molar-refractivity contribution is 5.89. The van der Waals surface area contributed by atoms with Gasteiger partial charge in [-0.2, -0.15) is 0 Å². The summed E-state index contributed by atoms with van der Waals surface area (Å²) in [5.41, 5.74) is 2.41. The SMILES string of the molecule is O=C(CC1(C(=O)NO)CCC1)NC1CCC(c2ccccc2)CC1. The van der Waals surface area contributed by atoms with Gasteiger partial charge in [-0.25, -0.2) is 5.48 Å². The number of amides is 2. The Bertz CT molecular complexity index is 576. The molecular formula is C19H26N2O3. The van der Waals surface area contributed by atoms with Crippen molar-refractivity contribution in [1.82, 2.24) is 10.8 Å². The highest BCUT2D eigenvalue weighted by Crippen LogP contribution is 2.44. The van der Waals surface area contributed by atoms with E-state index in [9.17, 15) is 9.59 Å². The minimum absolute atomic E-state index is 0.0681. The van der Waals surface area contributed by atoms with Gasteiger partial charge in [0.2, 0.25) is 11.8 Å². The average Bonchev–Trinajstić information content (AvgIpc) is 2.59. The minimum Gasteiger partial charge on any atom is -0.353 e. The van der Waals surface area contributed by atoms with Gasteiger partial charge in [-0.1, -0.05) is 36.8 Å². The molecule has 2 aliphatic rings. The zero-order valence-electron chi connectivity index (χ0n) is 14.0. The van der Waals surface area contributed by atoms with Gasteiger partial charge < -0.3 is 5.32 Å². The van der Waals surface area contributed by atoms with Crippen LogP contribution in [0.5, 0.6) is 0 Å². The lowest BCUT2D eigenvalue weighted by atomic mass is 9.66. The van der Waals surface area contributed by atoms with Gasteiger partial charge in [-0.15, -0.1) is 0 Å². The maximum atomic E-state index is 12.3. The predicted molar refractivity (Wildman–Crippen MR) is 90.4 cm³/mol. The lowest BCUT2D eigenvalue weighted by Crippen LogP contribution is -2.49. The Morgan fingerprint density at radius 1 is 1.08 bits per heavy atom. The molecule has 3 rings (SSSR count). The lowest BCUT2D eigenvalue weighted by Gasteiger charge is -2.39. The van der Waals surface area contributed by atoms with E-state index < -0.39 is 11.3 Å². The lowest BCUT2D eigenvalue weighted by molar-refractivity contribution is -0.149. The summed E-state index contributed by atoms with van der Waals surface area (Å²) in [6.07, 6.45) is 6.57. The molecule has 5 nitrogen and oxygen atoms in total. The molecule has 2 amide bonds. The molecule has 24 heavy (non-hydrogen) atoms. The number of carbonyl (C=O) groups is 2. The summed E-state index contributed by atoms with van der Waals surface area (Å²) in [4.78, 5) is 24.1. The Morgan fingerprint density at radius 2 is 1.75 bits per heavy atom. The van der Waals surface area contributed by atoms with Gasteiger partial charge >= 0.3 is 0 Å². The molecule has 0 spiro atoms. The van der Waals surface area contributed by atoms with Crippen molar-refractivity contribution in [3.63, 3.8) is 0 Å². The second kappa shape index (κ2) is 7.34. The number of carbonyl (C=O) groups excluding carboxylic acids is 2. The average molecular weight is 330 g/mol. The molecule has 3 N–H and O–H groups in total. The Morgan fingerprint density at radius 3 is 2.29 bits per heavy atom. The van der Waals surface area contributed by atoms with E-state index >= 15 is 0 Å². The van der Waals surface area contributed by atoms with Crippen LogP contribution in [0, 0.1) is 5.41 Å². The van der Waals surface area contributed by atoms with Crippen LogP contribution >= 0.6 is 0 Å². The fourth-order valence-electron chi connectivity index (χ4n) is 4.09. The van der Waals surface area contributed by atoms with Crippen LogP contribution in [0.25, 0.3) is 0 Å². The summed E-state index contributed by atoms with van der Waals surface area (Å²) in [5, 5.41) is 12.0. The molecule has 0 bridgehead atoms. The molecule has 2 saturated carbocycles. The van der Waals surface area contributed by atoms with E-state index in [0.29, 0.717) is 18.8 Å². The van der Waals surface area contributed by atoms with Crippen molar-refractivity contribution >= 4 is 11.8 Å². The van der Waals surface area contributed by atoms with Crippen LogP contribution in [0.2, 0.25) is 0 Å². The van der Waals surface area contributed by atoms with Gasteiger partial charge in [0.25, 0.3) is 0 Å². The third-order valence-electron chi connectivity index (χ3n) is 5.76. The molecule has 0 saturated heterocycles. The summed E-state index contributed by atoms with van der Waals surface area (Å²) >= 11 is 0. The number of nitrogens with one attached hydrogen (secondary N) is 2. The molecular weight excluding hydrogens is 304 g/mol. The zero-order chi connectivity index (χ0) is 17.0. The van der Waals surface area contributed by atoms with Crippen molar-refractivity contribution in [3.8, 4) is 0 Å². The molecule has 2 fully saturated rings. The first-order valence-corrected chi connectivity index (χ1v) is 8.92. The van der Waals surface area contributed by atoms with Crippen molar-refractivity contribution in [2.24, 2.45) is 5.41 Å². The Kier molecular flexibility index (Phi) is 5.19. The highest BCUT2D eigenvalue weighted by Gasteiger charge is 2.45. The Balaban J connectivity index is 1.47. The first-order chi connectivity index (χ1) is 11.6. The van der Waals surface area contributed by atoms with Crippen LogP contribution in [-0.4, -0.2) is 23.1 Å². The molecule has 0 atom stereocenters. The normalized spacial score (nSPS) is 25.4. The van der Waals surface area contributed by atoms with Gasteiger partial charge in [0.05, 0.1) is 5.41 Å². The van der Waals surface area contributed by atoms with Crippen LogP contribution in [0.3, 0.4) is 0 Å². The zero-order valence-corrected chi connectivity index (χ0v) is 14.0. The second-order valence-electron chi connectivity index (χ2n) is 7.28. The molecule has 0 radical (unpaired) electrons. The molecule has 5 heteroatoms. The summed E-state index contributed by atoms with van der Waals surface area (Å²) in [6.45, 7) is 0. The number of hydroxylamine groups is 1. The number of hydrogen-bond acceptors (Lipinski definition) is 3. The largest absolute Gasteiger partial charge is 0.353 e. The number of hydrogen-bond donors (Lipinski definition) is 3. The highest BCUT2D eigenvalue weighted by atomic mass is 16.5. The fraction of sp³-hybridized carbons (Fsp3) is 0.579. The van der Waals surface area contributed by atoms with Crippen molar-refractivity contribution in [3.05, 3.63) is 35.9 Å². The monoisotopic (exact) mass is 330 g/mol. The van der Waals surface area contributed by atoms with E-state index in [1.54, 1.807) is 5.48 Å². The summed E-state index contributed by atoms with van der Waals surface area (Å²) in [7, 11) is 0. The van der Waals surface area contributed by atoms with Crippen LogP contribution in [0.4, 0.5) is 0 Å². The summed E-state index contributed by atoms with van der Waals surface area (Å²) < 4.78 is 0. The van der Waals surface area contributed by atoms with Crippen LogP contribution in [-0.2, 0) is 9.59 Å². The Hall–Kier alpha value is -1.88. The van der Waals surface area contributed by atoms with Crippen molar-refractivity contribution < 1.29 is 14.8 Å². The smallest absolute Gasteiger partial charge is 0.250 e. The molecule has 1 aromatic rings. The van der Waals surface area contributed by atoms with E-state index in [2.05, 4.69) is 29.6 Å². The maximum Gasteiger partial charge on any atom is 0.250 e. The maximum absolute atomic E-state index is 12.3. The van der Waals surface area contributed by atoms with E-state index in [4.69, 9.17) is 5.21 Å². The van der Waals surface area contributed by atoms with Gasteiger partial charge in [0.15, 0.2) is 0 Å². The summed E-state index contributed by atoms with van der Waals surface area (Å²) in [6, 6.07) is 10.7. The molecule has 1 aromatic carbocycles. The van der Waals surface area contributed by atoms with Crippen molar-refractivity contribution in [2.45, 2.75) is 63.3 Å². The standard InChI is InChI=1S/C19H26N2O3/c22-17(13-19(11-4-12-19)18(23)21-24)20-16-9-7-15(8-10-16)14-5-2-1-3-6-14/h1-3,5-6,15-16,24H,4,7-13H2,(H,20,22)(H,21,23). The van der Waals surface area contributed by atoms with E-state index in [0.717, 1.165) is 32.1 Å². The first-order valence-electron chi connectivity index (χ1n) is 8.92. The van der Waals surface area contributed by atoms with E-state index in [1.165, 1.54) is 5.56 Å². The molecule has 0 aliphatic heterocycles. The third-order valence-corrected chi connectivity index (χ3v) is 5.76. The molecule has 2 aliphatic carbocycles. The van der Waals surface area contributed by atoms with E-state index in [1.807, 2.05) is 6.07 Å². The molecule has 0 aromatic heterocycles. The van der Waals surface area contributed by atoms with Gasteiger partial charge in [0, 0.05) is 12.5 Å². The van der Waals surface area contributed by atoms with Crippen molar-refractivity contribution in [2.75, 3.05) is 0 Å². The minimum atomic E-state index is -0.694. The van der Waals surface area contributed by atoms with Gasteiger partial charge in [-0.05, 0) is 50.0 Å². The molecule has 0 unspecified atom stereocenters. The van der Waals surface area contributed by atoms with Crippen LogP contribution in [0.1, 0.15) is 62.8 Å². The van der Waals surface area contributed by atoms with Crippen LogP contribution < -0.4 is 10.8 Å². The van der Waals surface area contributed by atoms with Gasteiger partial charge in [-0.3, -0.25) is 14.8 Å². The molecule has 0 heterocycles. The second-order valence-corrected chi connectivity index (χ2v) is 7.28. The topological polar surface area (TPSA) is 78.4 Å². The number of rotatable bonds is 5. The van der Waals surface area contributed by atoms with Crippen molar-refractivity contribution in [1.29, 1.82) is 0 Å². The van der Waals surface area contributed by atoms with Gasteiger partial charge in [0.1, 0.15) is 0 Å². The molecule has 130 valence electrons. The Labute approximate surface area is 142 Å². The number of benzene rings is 1. The fourth-order valence-corrected chi connectivity index (χ4v) is 4.09. The first kappa shape index (κ1) is 17.0. The van der Waals surface area contributed by atoms with Crippen LogP contribution in [0.15, 0.2) is 30.3 Å². The third kappa shape index (κ3) is 3.61. The quantitative estimate of drug-likeness (QED) is 0.574. The summed E-state index contributed by atoms with van der Waals surface area (Å²) in [5.74, 6) is 0.0932. The predicted octanol–water partition coefficient (Wildman–Crippen LogP) is 2.89. The van der Waals surface area contributed by atoms with E-state index in [-0.39, 0.29) is 18.4 Å².